The Morgan fingerprint density at radius 2 is 2.03 bits per heavy atom. The Morgan fingerprint density at radius 1 is 1.23 bits per heavy atom. The van der Waals surface area contributed by atoms with Crippen molar-refractivity contribution >= 4 is 11.7 Å². The number of nitrogens with one attached hydrogen (secondary N) is 1. The lowest BCUT2D eigenvalue weighted by molar-refractivity contribution is -0.132. The van der Waals surface area contributed by atoms with Crippen molar-refractivity contribution in [3.8, 4) is 5.75 Å². The van der Waals surface area contributed by atoms with E-state index in [0.717, 1.165) is 73.1 Å². The van der Waals surface area contributed by atoms with Crippen LogP contribution in [0.5, 0.6) is 5.75 Å². The zero-order valence-electron chi connectivity index (χ0n) is 18.9. The minimum atomic E-state index is 0.185. The molecular weight excluding hydrogens is 390 g/mol. The number of likely N-dealkylation sites (N-methyl/N-ethyl adjacent to an activating group) is 1. The third-order valence-corrected chi connectivity index (χ3v) is 6.45. The maximum atomic E-state index is 12.9. The molecule has 1 saturated heterocycles. The predicted octanol–water partition coefficient (Wildman–Crippen LogP) is 2.85. The van der Waals surface area contributed by atoms with Gasteiger partial charge in [0.25, 0.3) is 0 Å². The number of carbonyl (C=O) groups is 1. The molecule has 166 valence electrons. The molecule has 0 bridgehead atoms. The average Bonchev–Trinajstić information content (AvgIpc) is 2.81. The smallest absolute Gasteiger partial charge is 0.223 e. The Balaban J connectivity index is 1.44. The average molecular weight is 424 g/mol. The van der Waals surface area contributed by atoms with Gasteiger partial charge in [0.2, 0.25) is 5.91 Å². The monoisotopic (exact) mass is 423 g/mol. The first-order chi connectivity index (χ1) is 15.1. The standard InChI is InChI=1S/C24H33N5O2/c1-25-24-20-12-14-29(22(30)11-8-17-6-9-19(31-3)10-7-17)16-21(20)26-23(27-24)18-5-4-13-28(2)15-18/h6-7,9-10,18H,4-5,8,11-16H2,1-3H3,(H,25,26,27)/t18-/m0/s1. The zero-order chi connectivity index (χ0) is 21.8. The van der Waals surface area contributed by atoms with Crippen molar-refractivity contribution in [2.45, 2.75) is 44.6 Å². The van der Waals surface area contributed by atoms with Crippen LogP contribution >= 0.6 is 0 Å². The van der Waals surface area contributed by atoms with E-state index in [2.05, 4.69) is 17.3 Å². The summed E-state index contributed by atoms with van der Waals surface area (Å²) in [5.74, 6) is 3.23. The topological polar surface area (TPSA) is 70.6 Å². The van der Waals surface area contributed by atoms with E-state index < -0.39 is 0 Å². The summed E-state index contributed by atoms with van der Waals surface area (Å²) in [6, 6.07) is 7.93. The van der Waals surface area contributed by atoms with E-state index >= 15 is 0 Å². The number of rotatable bonds is 6. The molecule has 7 heteroatoms. The van der Waals surface area contributed by atoms with E-state index in [4.69, 9.17) is 14.7 Å². The number of hydrogen-bond acceptors (Lipinski definition) is 6. The van der Waals surface area contributed by atoms with Crippen LogP contribution in [0, 0.1) is 0 Å². The quantitative estimate of drug-likeness (QED) is 0.771. The number of likely N-dealkylation sites (tertiary alicyclic amines) is 1. The number of methoxy groups -OCH3 is 1. The number of nitrogens with zero attached hydrogens (tertiary/aromatic N) is 4. The summed E-state index contributed by atoms with van der Waals surface area (Å²) in [5.41, 5.74) is 3.32. The highest BCUT2D eigenvalue weighted by Crippen LogP contribution is 2.29. The van der Waals surface area contributed by atoms with E-state index in [1.807, 2.05) is 36.2 Å². The van der Waals surface area contributed by atoms with Gasteiger partial charge in [0.05, 0.1) is 19.3 Å². The Labute approximate surface area is 184 Å². The zero-order valence-corrected chi connectivity index (χ0v) is 18.9. The second kappa shape index (κ2) is 9.64. The molecule has 1 N–H and O–H groups in total. The molecule has 0 unspecified atom stereocenters. The lowest BCUT2D eigenvalue weighted by atomic mass is 9.96. The fourth-order valence-corrected chi connectivity index (χ4v) is 4.63. The van der Waals surface area contributed by atoms with Crippen molar-refractivity contribution in [2.75, 3.05) is 46.2 Å². The molecule has 7 nitrogen and oxygen atoms in total. The summed E-state index contributed by atoms with van der Waals surface area (Å²) in [7, 11) is 5.74. The molecule has 0 spiro atoms. The van der Waals surface area contributed by atoms with Crippen LogP contribution in [0.2, 0.25) is 0 Å². The van der Waals surface area contributed by atoms with Crippen LogP contribution in [0.4, 0.5) is 5.82 Å². The third kappa shape index (κ3) is 4.98. The number of carbonyl (C=O) groups excluding carboxylic acids is 1. The van der Waals surface area contributed by atoms with Gasteiger partial charge < -0.3 is 19.9 Å². The molecule has 2 aromatic rings. The molecule has 31 heavy (non-hydrogen) atoms. The van der Waals surface area contributed by atoms with E-state index in [1.165, 1.54) is 6.42 Å². The first-order valence-electron chi connectivity index (χ1n) is 11.2. The van der Waals surface area contributed by atoms with Crippen molar-refractivity contribution in [1.82, 2.24) is 19.8 Å². The third-order valence-electron chi connectivity index (χ3n) is 6.45. The maximum absolute atomic E-state index is 12.9. The molecule has 1 aromatic carbocycles. The largest absolute Gasteiger partial charge is 0.497 e. The van der Waals surface area contributed by atoms with Crippen LogP contribution in [-0.2, 0) is 24.2 Å². The molecule has 1 amide bonds. The molecule has 0 aliphatic carbocycles. The van der Waals surface area contributed by atoms with Gasteiger partial charge in [0, 0.05) is 38.0 Å². The maximum Gasteiger partial charge on any atom is 0.223 e. The number of fused-ring (bicyclic) bond motifs is 1. The van der Waals surface area contributed by atoms with Crippen LogP contribution in [0.3, 0.4) is 0 Å². The number of piperidine rings is 1. The number of benzene rings is 1. The van der Waals surface area contributed by atoms with Gasteiger partial charge >= 0.3 is 0 Å². The van der Waals surface area contributed by atoms with Gasteiger partial charge in [0.1, 0.15) is 17.4 Å². The van der Waals surface area contributed by atoms with Gasteiger partial charge in [-0.1, -0.05) is 12.1 Å². The molecule has 1 fully saturated rings. The Bertz CT molecular complexity index is 915. The fraction of sp³-hybridized carbons (Fsp3) is 0.542. The summed E-state index contributed by atoms with van der Waals surface area (Å²) in [6.45, 7) is 3.42. The summed E-state index contributed by atoms with van der Waals surface area (Å²) < 4.78 is 5.21. The van der Waals surface area contributed by atoms with E-state index in [-0.39, 0.29) is 5.91 Å². The normalized spacial score (nSPS) is 19.1. The molecule has 0 saturated carbocycles. The van der Waals surface area contributed by atoms with Crippen molar-refractivity contribution in [3.05, 3.63) is 46.9 Å². The van der Waals surface area contributed by atoms with Crippen LogP contribution in [-0.4, -0.2) is 66.5 Å². The minimum absolute atomic E-state index is 0.185. The first-order valence-corrected chi connectivity index (χ1v) is 11.2. The highest BCUT2D eigenvalue weighted by Gasteiger charge is 2.28. The molecule has 2 aliphatic rings. The van der Waals surface area contributed by atoms with E-state index in [9.17, 15) is 4.79 Å². The number of aryl methyl sites for hydroxylation is 1. The Kier molecular flexibility index (Phi) is 6.70. The summed E-state index contributed by atoms with van der Waals surface area (Å²) in [6.07, 6.45) is 4.33. The van der Waals surface area contributed by atoms with Gasteiger partial charge in [-0.25, -0.2) is 9.97 Å². The Morgan fingerprint density at radius 3 is 2.74 bits per heavy atom. The molecule has 0 radical (unpaired) electrons. The molecular formula is C24H33N5O2. The van der Waals surface area contributed by atoms with Crippen molar-refractivity contribution in [3.63, 3.8) is 0 Å². The van der Waals surface area contributed by atoms with Crippen LogP contribution in [0.15, 0.2) is 24.3 Å². The van der Waals surface area contributed by atoms with Gasteiger partial charge in [-0.15, -0.1) is 0 Å². The van der Waals surface area contributed by atoms with Gasteiger partial charge in [-0.3, -0.25) is 4.79 Å². The molecule has 1 atom stereocenters. The summed E-state index contributed by atoms with van der Waals surface area (Å²) in [4.78, 5) is 27.1. The number of hydrogen-bond donors (Lipinski definition) is 1. The van der Waals surface area contributed by atoms with Gasteiger partial charge in [-0.05, 0) is 57.0 Å². The van der Waals surface area contributed by atoms with Crippen LogP contribution in [0.25, 0.3) is 0 Å². The second-order valence-electron chi connectivity index (χ2n) is 8.62. The first kappa shape index (κ1) is 21.6. The van der Waals surface area contributed by atoms with Crippen LogP contribution < -0.4 is 10.1 Å². The summed E-state index contributed by atoms with van der Waals surface area (Å²) in [5, 5.41) is 3.27. The second-order valence-corrected chi connectivity index (χ2v) is 8.62. The predicted molar refractivity (Wildman–Crippen MR) is 121 cm³/mol. The van der Waals surface area contributed by atoms with Crippen molar-refractivity contribution in [1.29, 1.82) is 0 Å². The fourth-order valence-electron chi connectivity index (χ4n) is 4.63. The van der Waals surface area contributed by atoms with E-state index in [0.29, 0.717) is 18.9 Å². The number of aromatic nitrogens is 2. The van der Waals surface area contributed by atoms with Crippen molar-refractivity contribution < 1.29 is 9.53 Å². The van der Waals surface area contributed by atoms with Gasteiger partial charge in [-0.2, -0.15) is 0 Å². The van der Waals surface area contributed by atoms with E-state index in [1.54, 1.807) is 7.11 Å². The minimum Gasteiger partial charge on any atom is -0.497 e. The lowest BCUT2D eigenvalue weighted by Crippen LogP contribution is -2.38. The molecule has 2 aliphatic heterocycles. The lowest BCUT2D eigenvalue weighted by Gasteiger charge is -2.32. The number of ether oxygens (including phenoxy) is 1. The Hall–Kier alpha value is -2.67. The molecule has 1 aromatic heterocycles. The highest BCUT2D eigenvalue weighted by atomic mass is 16.5. The highest BCUT2D eigenvalue weighted by molar-refractivity contribution is 5.77. The summed E-state index contributed by atoms with van der Waals surface area (Å²) >= 11 is 0. The number of anilines is 1. The molecule has 4 rings (SSSR count). The van der Waals surface area contributed by atoms with Gasteiger partial charge in [0.15, 0.2) is 0 Å². The van der Waals surface area contributed by atoms with Crippen molar-refractivity contribution in [2.24, 2.45) is 0 Å². The number of amides is 1. The van der Waals surface area contributed by atoms with Crippen LogP contribution in [0.1, 0.15) is 47.8 Å². The molecule has 3 heterocycles. The SMILES string of the molecule is CNc1nc([C@H]2CCCN(C)C2)nc2c1CCN(C(=O)CCc1ccc(OC)cc1)C2.